The van der Waals surface area contributed by atoms with E-state index in [-0.39, 0.29) is 42.4 Å². The summed E-state index contributed by atoms with van der Waals surface area (Å²) in [5, 5.41) is 0. The summed E-state index contributed by atoms with van der Waals surface area (Å²) in [5.41, 5.74) is 0.137. The third-order valence-corrected chi connectivity index (χ3v) is 6.80. The second-order valence-corrected chi connectivity index (χ2v) is 9.07. The molecule has 3 aliphatic rings. The molecule has 174 valence electrons. The van der Waals surface area contributed by atoms with Crippen LogP contribution in [0.2, 0.25) is 0 Å². The first kappa shape index (κ1) is 22.6. The predicted octanol–water partition coefficient (Wildman–Crippen LogP) is 1.86. The van der Waals surface area contributed by atoms with Crippen molar-refractivity contribution in [2.75, 3.05) is 50.7 Å². The van der Waals surface area contributed by atoms with Crippen LogP contribution in [-0.4, -0.2) is 84.3 Å². The molecule has 7 nitrogen and oxygen atoms in total. The minimum absolute atomic E-state index is 0.0303. The van der Waals surface area contributed by atoms with E-state index in [4.69, 9.17) is 0 Å². The lowest BCUT2D eigenvalue weighted by Crippen LogP contribution is -2.54. The highest BCUT2D eigenvalue weighted by atomic mass is 19.1. The maximum absolute atomic E-state index is 13.5. The molecular formula is C23H30F2N4O3. The number of halogens is 2. The van der Waals surface area contributed by atoms with Crippen LogP contribution in [0, 0.1) is 17.6 Å². The highest BCUT2D eigenvalue weighted by Crippen LogP contribution is 2.28. The Balaban J connectivity index is 1.29. The fraction of sp³-hybridized carbons (Fsp3) is 0.609. The molecule has 2 atom stereocenters. The first-order valence-corrected chi connectivity index (χ1v) is 11.4. The highest BCUT2D eigenvalue weighted by Gasteiger charge is 2.38. The average Bonchev–Trinajstić information content (AvgIpc) is 3.15. The molecule has 32 heavy (non-hydrogen) atoms. The van der Waals surface area contributed by atoms with Gasteiger partial charge in [0.1, 0.15) is 11.6 Å². The average molecular weight is 449 g/mol. The van der Waals surface area contributed by atoms with Crippen LogP contribution < -0.4 is 4.90 Å². The van der Waals surface area contributed by atoms with Crippen LogP contribution >= 0.6 is 0 Å². The van der Waals surface area contributed by atoms with Crippen molar-refractivity contribution >= 4 is 23.4 Å². The van der Waals surface area contributed by atoms with E-state index in [2.05, 4.69) is 11.8 Å². The van der Waals surface area contributed by atoms with Crippen LogP contribution in [0.4, 0.5) is 14.5 Å². The van der Waals surface area contributed by atoms with Crippen LogP contribution in [-0.2, 0) is 14.4 Å². The largest absolute Gasteiger partial charge is 0.340 e. The Hall–Kier alpha value is -2.55. The zero-order valence-corrected chi connectivity index (χ0v) is 18.4. The van der Waals surface area contributed by atoms with Crippen molar-refractivity contribution in [3.63, 3.8) is 0 Å². The van der Waals surface area contributed by atoms with E-state index >= 15 is 0 Å². The number of carbonyl (C=O) groups is 3. The van der Waals surface area contributed by atoms with Crippen molar-refractivity contribution < 1.29 is 23.2 Å². The van der Waals surface area contributed by atoms with Crippen molar-refractivity contribution in [3.8, 4) is 0 Å². The molecule has 3 fully saturated rings. The minimum Gasteiger partial charge on any atom is -0.340 e. The maximum atomic E-state index is 13.5. The Bertz CT molecular complexity index is 868. The fourth-order valence-corrected chi connectivity index (χ4v) is 4.95. The monoisotopic (exact) mass is 448 g/mol. The van der Waals surface area contributed by atoms with Gasteiger partial charge >= 0.3 is 0 Å². The summed E-state index contributed by atoms with van der Waals surface area (Å²) in [6, 6.07) is 3.25. The van der Waals surface area contributed by atoms with E-state index in [1.54, 1.807) is 4.90 Å². The van der Waals surface area contributed by atoms with Gasteiger partial charge in [-0.3, -0.25) is 19.3 Å². The zero-order valence-electron chi connectivity index (χ0n) is 18.4. The maximum Gasteiger partial charge on any atom is 0.236 e. The topological polar surface area (TPSA) is 64.2 Å². The molecule has 3 aliphatic heterocycles. The number of amides is 3. The Morgan fingerprint density at radius 1 is 1.00 bits per heavy atom. The molecular weight excluding hydrogens is 418 g/mol. The van der Waals surface area contributed by atoms with Gasteiger partial charge in [-0.1, -0.05) is 0 Å². The lowest BCUT2D eigenvalue weighted by Gasteiger charge is -2.38. The molecule has 1 aromatic carbocycles. The van der Waals surface area contributed by atoms with Crippen molar-refractivity contribution in [1.82, 2.24) is 14.7 Å². The van der Waals surface area contributed by atoms with Gasteiger partial charge in [-0.2, -0.15) is 0 Å². The van der Waals surface area contributed by atoms with Gasteiger partial charge in [0.2, 0.25) is 17.7 Å². The quantitative estimate of drug-likeness (QED) is 0.706. The normalized spacial score (nSPS) is 24.8. The van der Waals surface area contributed by atoms with Crippen LogP contribution in [0.15, 0.2) is 18.2 Å². The van der Waals surface area contributed by atoms with E-state index in [1.807, 2.05) is 4.90 Å². The first-order chi connectivity index (χ1) is 15.3. The number of carbonyl (C=O) groups excluding carboxylic acids is 3. The molecule has 4 rings (SSSR count). The first-order valence-electron chi connectivity index (χ1n) is 11.4. The number of piperidine rings is 1. The van der Waals surface area contributed by atoms with E-state index in [0.717, 1.165) is 37.6 Å². The fourth-order valence-electron chi connectivity index (χ4n) is 4.95. The van der Waals surface area contributed by atoms with Crippen LogP contribution in [0.3, 0.4) is 0 Å². The molecule has 0 spiro atoms. The molecule has 0 N–H and O–H groups in total. The summed E-state index contributed by atoms with van der Waals surface area (Å²) >= 11 is 0. The van der Waals surface area contributed by atoms with Gasteiger partial charge in [0, 0.05) is 63.5 Å². The molecule has 0 aliphatic carbocycles. The third-order valence-electron chi connectivity index (χ3n) is 6.80. The molecule has 0 saturated carbocycles. The third kappa shape index (κ3) is 4.92. The molecule has 3 saturated heterocycles. The Labute approximate surface area is 186 Å². The number of hydrogen-bond donors (Lipinski definition) is 0. The highest BCUT2D eigenvalue weighted by molar-refractivity contribution is 6.00. The summed E-state index contributed by atoms with van der Waals surface area (Å²) < 4.78 is 27.1. The van der Waals surface area contributed by atoms with Gasteiger partial charge in [-0.05, 0) is 38.3 Å². The van der Waals surface area contributed by atoms with Crippen LogP contribution in [0.1, 0.15) is 32.6 Å². The Morgan fingerprint density at radius 2 is 1.69 bits per heavy atom. The van der Waals surface area contributed by atoms with Crippen molar-refractivity contribution in [3.05, 3.63) is 29.8 Å². The molecule has 0 bridgehead atoms. The second kappa shape index (κ2) is 9.52. The van der Waals surface area contributed by atoms with Gasteiger partial charge < -0.3 is 14.7 Å². The number of piperazine rings is 1. The number of rotatable bonds is 4. The van der Waals surface area contributed by atoms with Gasteiger partial charge in [0.05, 0.1) is 12.5 Å². The lowest BCUT2D eigenvalue weighted by molar-refractivity contribution is -0.139. The number of likely N-dealkylation sites (tertiary alicyclic amines) is 1. The molecule has 0 aromatic heterocycles. The van der Waals surface area contributed by atoms with E-state index in [0.29, 0.717) is 32.7 Å². The SMILES string of the molecule is CC1CCCCN1C(=O)CN1CCN(C(=O)C2CC(=O)N(c3cc(F)cc(F)c3)C2)CC1. The summed E-state index contributed by atoms with van der Waals surface area (Å²) in [4.78, 5) is 45.1. The molecule has 1 aromatic rings. The predicted molar refractivity (Wildman–Crippen MR) is 115 cm³/mol. The van der Waals surface area contributed by atoms with Gasteiger partial charge in [0.15, 0.2) is 0 Å². The molecule has 0 radical (unpaired) electrons. The Kier molecular flexibility index (Phi) is 6.74. The summed E-state index contributed by atoms with van der Waals surface area (Å²) in [5.74, 6) is -2.33. The zero-order chi connectivity index (χ0) is 22.8. The van der Waals surface area contributed by atoms with Crippen molar-refractivity contribution in [1.29, 1.82) is 0 Å². The van der Waals surface area contributed by atoms with E-state index in [9.17, 15) is 23.2 Å². The standard InChI is InChI=1S/C23H30F2N4O3/c1-16-4-2-3-5-28(16)22(31)15-26-6-8-27(9-7-26)23(32)17-10-21(30)29(14-17)20-12-18(24)11-19(25)13-20/h11-13,16-17H,2-10,14-15H2,1H3. The number of benzene rings is 1. The van der Waals surface area contributed by atoms with E-state index < -0.39 is 17.6 Å². The smallest absolute Gasteiger partial charge is 0.236 e. The molecule has 3 heterocycles. The summed E-state index contributed by atoms with van der Waals surface area (Å²) in [6.45, 7) is 5.62. The van der Waals surface area contributed by atoms with Crippen molar-refractivity contribution in [2.24, 2.45) is 5.92 Å². The van der Waals surface area contributed by atoms with Gasteiger partial charge in [-0.15, -0.1) is 0 Å². The molecule has 9 heteroatoms. The number of anilines is 1. The number of nitrogens with zero attached hydrogens (tertiary/aromatic N) is 4. The van der Waals surface area contributed by atoms with Crippen LogP contribution in [0.5, 0.6) is 0 Å². The summed E-state index contributed by atoms with van der Waals surface area (Å²) in [7, 11) is 0. The van der Waals surface area contributed by atoms with Gasteiger partial charge in [-0.25, -0.2) is 8.78 Å². The van der Waals surface area contributed by atoms with Gasteiger partial charge in [0.25, 0.3) is 0 Å². The Morgan fingerprint density at radius 3 is 2.34 bits per heavy atom. The minimum atomic E-state index is -0.757. The van der Waals surface area contributed by atoms with E-state index in [1.165, 1.54) is 11.3 Å². The molecule has 2 unspecified atom stereocenters. The summed E-state index contributed by atoms with van der Waals surface area (Å²) in [6.07, 6.45) is 3.30. The second-order valence-electron chi connectivity index (χ2n) is 9.07. The number of hydrogen-bond acceptors (Lipinski definition) is 4. The lowest BCUT2D eigenvalue weighted by atomic mass is 10.0. The van der Waals surface area contributed by atoms with Crippen molar-refractivity contribution in [2.45, 2.75) is 38.6 Å². The molecule has 3 amide bonds. The van der Waals surface area contributed by atoms with Crippen LogP contribution in [0.25, 0.3) is 0 Å².